The summed E-state index contributed by atoms with van der Waals surface area (Å²) in [6.45, 7) is 4.68. The molecule has 1 saturated carbocycles. The molecule has 0 bridgehead atoms. The van der Waals surface area contributed by atoms with Crippen LogP contribution < -0.4 is 4.72 Å². The molecule has 1 N–H and O–H groups in total. The smallest absolute Gasteiger partial charge is 0.214 e. The molecule has 1 rings (SSSR count). The van der Waals surface area contributed by atoms with Crippen molar-refractivity contribution < 1.29 is 8.42 Å². The summed E-state index contributed by atoms with van der Waals surface area (Å²) in [5, 5.41) is -0.161. The second-order valence-corrected chi connectivity index (χ2v) is 8.15. The minimum atomic E-state index is -3.10. The molecule has 0 aliphatic heterocycles. The van der Waals surface area contributed by atoms with Crippen molar-refractivity contribution in [3.63, 3.8) is 0 Å². The van der Waals surface area contributed by atoms with E-state index in [9.17, 15) is 8.42 Å². The SMILES string of the molecule is CC(C)(CCCCl)CNS(=O)(=O)C1CCCC1. The number of rotatable bonds is 7. The molecule has 0 amide bonds. The average Bonchev–Trinajstić information content (AvgIpc) is 2.78. The van der Waals surface area contributed by atoms with Crippen molar-refractivity contribution in [1.82, 2.24) is 4.72 Å². The van der Waals surface area contributed by atoms with E-state index in [0.29, 0.717) is 12.4 Å². The lowest BCUT2D eigenvalue weighted by Gasteiger charge is -2.25. The van der Waals surface area contributed by atoms with Crippen molar-refractivity contribution in [2.75, 3.05) is 12.4 Å². The summed E-state index contributed by atoms with van der Waals surface area (Å²) < 4.78 is 26.8. The summed E-state index contributed by atoms with van der Waals surface area (Å²) in [6.07, 6.45) is 5.60. The minimum absolute atomic E-state index is 0.0133. The Balaban J connectivity index is 2.43. The number of nitrogens with one attached hydrogen (secondary N) is 1. The fraction of sp³-hybridized carbons (Fsp3) is 1.00. The van der Waals surface area contributed by atoms with Crippen LogP contribution in [0.15, 0.2) is 0 Å². The molecule has 0 heterocycles. The summed E-state index contributed by atoms with van der Waals surface area (Å²) >= 11 is 5.66. The van der Waals surface area contributed by atoms with Crippen molar-refractivity contribution in [3.8, 4) is 0 Å². The Kier molecular flexibility index (Phi) is 5.74. The maximum Gasteiger partial charge on any atom is 0.214 e. The lowest BCUT2D eigenvalue weighted by Crippen LogP contribution is -2.38. The molecule has 5 heteroatoms. The van der Waals surface area contributed by atoms with Crippen LogP contribution in [0.3, 0.4) is 0 Å². The van der Waals surface area contributed by atoms with E-state index in [2.05, 4.69) is 18.6 Å². The molecule has 0 atom stereocenters. The third-order valence-corrected chi connectivity index (χ3v) is 5.64. The van der Waals surface area contributed by atoms with Gasteiger partial charge in [-0.05, 0) is 31.1 Å². The fourth-order valence-corrected chi connectivity index (χ4v) is 4.16. The van der Waals surface area contributed by atoms with Crippen molar-refractivity contribution in [2.24, 2.45) is 5.41 Å². The van der Waals surface area contributed by atoms with Crippen LogP contribution in [0.4, 0.5) is 0 Å². The second kappa shape index (κ2) is 6.39. The first kappa shape index (κ1) is 15.3. The van der Waals surface area contributed by atoms with Gasteiger partial charge in [0, 0.05) is 12.4 Å². The molecule has 0 saturated heterocycles. The van der Waals surface area contributed by atoms with Gasteiger partial charge in [-0.15, -0.1) is 11.6 Å². The molecule has 0 spiro atoms. The largest absolute Gasteiger partial charge is 0.214 e. The van der Waals surface area contributed by atoms with E-state index < -0.39 is 10.0 Å². The van der Waals surface area contributed by atoms with E-state index >= 15 is 0 Å². The molecule has 0 aromatic rings. The van der Waals surface area contributed by atoms with Crippen molar-refractivity contribution in [2.45, 2.75) is 57.6 Å². The molecule has 0 aromatic carbocycles. The van der Waals surface area contributed by atoms with E-state index in [0.717, 1.165) is 38.5 Å². The van der Waals surface area contributed by atoms with E-state index in [4.69, 9.17) is 11.6 Å². The van der Waals surface area contributed by atoms with E-state index in [1.807, 2.05) is 0 Å². The molecule has 0 unspecified atom stereocenters. The van der Waals surface area contributed by atoms with Crippen LogP contribution in [0.1, 0.15) is 52.4 Å². The predicted octanol–water partition coefficient (Wildman–Crippen LogP) is 2.89. The van der Waals surface area contributed by atoms with Gasteiger partial charge < -0.3 is 0 Å². The number of alkyl halides is 1. The Bertz CT molecular complexity index is 321. The van der Waals surface area contributed by atoms with Gasteiger partial charge in [-0.2, -0.15) is 0 Å². The highest BCUT2D eigenvalue weighted by atomic mass is 35.5. The molecule has 17 heavy (non-hydrogen) atoms. The lowest BCUT2D eigenvalue weighted by atomic mass is 9.88. The van der Waals surface area contributed by atoms with Gasteiger partial charge in [0.1, 0.15) is 0 Å². The van der Waals surface area contributed by atoms with E-state index in [1.54, 1.807) is 0 Å². The molecule has 1 aliphatic carbocycles. The third-order valence-electron chi connectivity index (χ3n) is 3.48. The highest BCUT2D eigenvalue weighted by Gasteiger charge is 2.30. The monoisotopic (exact) mass is 281 g/mol. The quantitative estimate of drug-likeness (QED) is 0.730. The second-order valence-electron chi connectivity index (χ2n) is 5.73. The Labute approximate surface area is 110 Å². The molecule has 3 nitrogen and oxygen atoms in total. The summed E-state index contributed by atoms with van der Waals surface area (Å²) in [4.78, 5) is 0. The first-order valence-electron chi connectivity index (χ1n) is 6.42. The van der Waals surface area contributed by atoms with Crippen molar-refractivity contribution in [1.29, 1.82) is 0 Å². The van der Waals surface area contributed by atoms with Gasteiger partial charge in [-0.3, -0.25) is 0 Å². The highest BCUT2D eigenvalue weighted by Crippen LogP contribution is 2.26. The van der Waals surface area contributed by atoms with Crippen molar-refractivity contribution >= 4 is 21.6 Å². The van der Waals surface area contributed by atoms with Crippen LogP contribution in [0.5, 0.6) is 0 Å². The molecule has 0 radical (unpaired) electrons. The number of halogens is 1. The Morgan fingerprint density at radius 1 is 1.29 bits per heavy atom. The van der Waals surface area contributed by atoms with Crippen LogP contribution in [0, 0.1) is 5.41 Å². The minimum Gasteiger partial charge on any atom is -0.214 e. The standard InChI is InChI=1S/C12H24ClNO2S/c1-12(2,8-5-9-13)10-14-17(15,16)11-6-3-4-7-11/h11,14H,3-10H2,1-2H3. The summed E-state index contributed by atoms with van der Waals surface area (Å²) in [6, 6.07) is 0. The Hall–Kier alpha value is 0.200. The molecular formula is C12H24ClNO2S. The van der Waals surface area contributed by atoms with Gasteiger partial charge in [0.25, 0.3) is 0 Å². The molecular weight excluding hydrogens is 258 g/mol. The number of hydrogen-bond donors (Lipinski definition) is 1. The van der Waals surface area contributed by atoms with Crippen LogP contribution in [-0.4, -0.2) is 26.1 Å². The summed E-state index contributed by atoms with van der Waals surface area (Å²) in [5.74, 6) is 0.638. The Morgan fingerprint density at radius 2 is 1.88 bits per heavy atom. The zero-order valence-electron chi connectivity index (χ0n) is 10.8. The Morgan fingerprint density at radius 3 is 2.41 bits per heavy atom. The van der Waals surface area contributed by atoms with E-state index in [-0.39, 0.29) is 10.7 Å². The maximum absolute atomic E-state index is 12.0. The zero-order valence-corrected chi connectivity index (χ0v) is 12.4. The third kappa shape index (κ3) is 5.14. The normalized spacial score (nSPS) is 18.8. The van der Waals surface area contributed by atoms with Gasteiger partial charge >= 0.3 is 0 Å². The predicted molar refractivity (Wildman–Crippen MR) is 72.9 cm³/mol. The van der Waals surface area contributed by atoms with Crippen LogP contribution in [0.2, 0.25) is 0 Å². The highest BCUT2D eigenvalue weighted by molar-refractivity contribution is 7.90. The van der Waals surface area contributed by atoms with Gasteiger partial charge in [0.05, 0.1) is 5.25 Å². The number of sulfonamides is 1. The molecule has 1 aliphatic rings. The van der Waals surface area contributed by atoms with Gasteiger partial charge in [0.2, 0.25) is 10.0 Å². The van der Waals surface area contributed by atoms with Crippen LogP contribution >= 0.6 is 11.6 Å². The van der Waals surface area contributed by atoms with Crippen molar-refractivity contribution in [3.05, 3.63) is 0 Å². The first-order chi connectivity index (χ1) is 7.87. The maximum atomic E-state index is 12.0. The molecule has 1 fully saturated rings. The van der Waals surface area contributed by atoms with Gasteiger partial charge in [-0.25, -0.2) is 13.1 Å². The van der Waals surface area contributed by atoms with Crippen LogP contribution in [0.25, 0.3) is 0 Å². The first-order valence-corrected chi connectivity index (χ1v) is 8.50. The fourth-order valence-electron chi connectivity index (χ4n) is 2.25. The topological polar surface area (TPSA) is 46.2 Å². The lowest BCUT2D eigenvalue weighted by molar-refractivity contribution is 0.331. The van der Waals surface area contributed by atoms with Crippen LogP contribution in [-0.2, 0) is 10.0 Å². The molecule has 102 valence electrons. The zero-order chi connectivity index (χ0) is 12.9. The van der Waals surface area contributed by atoms with Gasteiger partial charge in [0.15, 0.2) is 0 Å². The van der Waals surface area contributed by atoms with Gasteiger partial charge in [-0.1, -0.05) is 26.7 Å². The number of hydrogen-bond acceptors (Lipinski definition) is 2. The average molecular weight is 282 g/mol. The summed E-state index contributed by atoms with van der Waals surface area (Å²) in [7, 11) is -3.10. The summed E-state index contributed by atoms with van der Waals surface area (Å²) in [5.41, 5.74) is -0.0133. The van der Waals surface area contributed by atoms with E-state index in [1.165, 1.54) is 0 Å². The molecule has 0 aromatic heterocycles.